The summed E-state index contributed by atoms with van der Waals surface area (Å²) in [6.07, 6.45) is 0.373. The summed E-state index contributed by atoms with van der Waals surface area (Å²) in [5.74, 6) is -2.66. The second-order valence-electron chi connectivity index (χ2n) is 9.10. The Hall–Kier alpha value is -3.92. The fourth-order valence-electron chi connectivity index (χ4n) is 3.73. The van der Waals surface area contributed by atoms with Crippen LogP contribution in [-0.2, 0) is 20.8 Å². The minimum atomic E-state index is -1.20. The van der Waals surface area contributed by atoms with Crippen molar-refractivity contribution in [2.24, 2.45) is 5.92 Å². The summed E-state index contributed by atoms with van der Waals surface area (Å²) in [4.78, 5) is 49.1. The van der Waals surface area contributed by atoms with Crippen LogP contribution < -0.4 is 20.7 Å². The Morgan fingerprint density at radius 2 is 1.49 bits per heavy atom. The Kier molecular flexibility index (Phi) is 11.6. The number of methoxy groups -OCH3 is 1. The lowest BCUT2D eigenvalue weighted by Gasteiger charge is -2.26. The van der Waals surface area contributed by atoms with Crippen molar-refractivity contribution in [3.8, 4) is 5.75 Å². The van der Waals surface area contributed by atoms with Gasteiger partial charge in [0.05, 0.1) is 13.2 Å². The molecule has 5 N–H and O–H groups in total. The number of aliphatic carboxylic acids is 2. The summed E-state index contributed by atoms with van der Waals surface area (Å²) in [6.45, 7) is 3.83. The first-order valence-electron chi connectivity index (χ1n) is 12.1. The lowest BCUT2D eigenvalue weighted by molar-refractivity contribution is -0.143. The second-order valence-corrected chi connectivity index (χ2v) is 9.10. The number of benzene rings is 2. The maximum absolute atomic E-state index is 13.1. The van der Waals surface area contributed by atoms with Gasteiger partial charge in [-0.25, -0.2) is 4.79 Å². The average Bonchev–Trinajstić information content (AvgIpc) is 2.87. The fourth-order valence-corrected chi connectivity index (χ4v) is 3.73. The van der Waals surface area contributed by atoms with Crippen molar-refractivity contribution >= 4 is 23.8 Å². The van der Waals surface area contributed by atoms with E-state index in [4.69, 9.17) is 4.74 Å². The Morgan fingerprint density at radius 3 is 2.03 bits per heavy atom. The summed E-state index contributed by atoms with van der Waals surface area (Å²) in [5.41, 5.74) is 1.15. The minimum Gasteiger partial charge on any atom is -0.497 e. The van der Waals surface area contributed by atoms with Gasteiger partial charge in [0.2, 0.25) is 5.91 Å². The first-order valence-corrected chi connectivity index (χ1v) is 12.1. The number of carbonyl (C=O) groups is 4. The van der Waals surface area contributed by atoms with Crippen molar-refractivity contribution in [2.75, 3.05) is 13.7 Å². The number of ether oxygens (including phenoxy) is 1. The normalized spacial score (nSPS) is 13.3. The van der Waals surface area contributed by atoms with E-state index in [1.807, 2.05) is 13.8 Å². The molecule has 0 aromatic heterocycles. The molecule has 200 valence electrons. The Labute approximate surface area is 216 Å². The molecule has 10 nitrogen and oxygen atoms in total. The SMILES string of the molecule is COc1ccc(C[C@H](NC(=O)[C@H](CC(C)C)N[C@H](CCNC(=O)c2ccccc2)C(=O)O)C(=O)O)cc1. The molecule has 0 fully saturated rings. The smallest absolute Gasteiger partial charge is 0.326 e. The maximum atomic E-state index is 13.1. The largest absolute Gasteiger partial charge is 0.497 e. The van der Waals surface area contributed by atoms with Crippen LogP contribution in [0.4, 0.5) is 0 Å². The molecule has 0 saturated heterocycles. The molecule has 10 heteroatoms. The Balaban J connectivity index is 2.04. The number of nitrogens with one attached hydrogen (secondary N) is 3. The van der Waals surface area contributed by atoms with Gasteiger partial charge in [-0.2, -0.15) is 0 Å². The molecule has 0 aliphatic carbocycles. The molecule has 0 heterocycles. The monoisotopic (exact) mass is 513 g/mol. The van der Waals surface area contributed by atoms with E-state index in [9.17, 15) is 29.4 Å². The predicted molar refractivity (Wildman–Crippen MR) is 137 cm³/mol. The third kappa shape index (κ3) is 9.92. The van der Waals surface area contributed by atoms with Crippen molar-refractivity contribution < 1.29 is 34.1 Å². The molecule has 0 unspecified atom stereocenters. The third-order valence-corrected chi connectivity index (χ3v) is 5.69. The molecule has 2 amide bonds. The molecule has 0 radical (unpaired) electrons. The predicted octanol–water partition coefficient (Wildman–Crippen LogP) is 2.08. The van der Waals surface area contributed by atoms with Gasteiger partial charge >= 0.3 is 11.9 Å². The molecular weight excluding hydrogens is 478 g/mol. The number of hydrogen-bond donors (Lipinski definition) is 5. The topological polar surface area (TPSA) is 154 Å². The van der Waals surface area contributed by atoms with E-state index in [1.54, 1.807) is 54.6 Å². The van der Waals surface area contributed by atoms with Gasteiger partial charge in [0.25, 0.3) is 5.91 Å². The van der Waals surface area contributed by atoms with Gasteiger partial charge in [0, 0.05) is 18.5 Å². The quantitative estimate of drug-likeness (QED) is 0.243. The molecule has 0 aliphatic rings. The van der Waals surface area contributed by atoms with Gasteiger partial charge in [-0.3, -0.25) is 19.7 Å². The van der Waals surface area contributed by atoms with E-state index in [1.165, 1.54) is 7.11 Å². The van der Waals surface area contributed by atoms with E-state index in [0.29, 0.717) is 23.3 Å². The van der Waals surface area contributed by atoms with Gasteiger partial charge in [-0.15, -0.1) is 0 Å². The zero-order chi connectivity index (χ0) is 27.4. The van der Waals surface area contributed by atoms with Crippen LogP contribution in [0.15, 0.2) is 54.6 Å². The molecular formula is C27H35N3O7. The first kappa shape index (κ1) is 29.3. The molecule has 0 saturated carbocycles. The maximum Gasteiger partial charge on any atom is 0.326 e. The minimum absolute atomic E-state index is 0.0281. The van der Waals surface area contributed by atoms with Gasteiger partial charge < -0.3 is 25.6 Å². The summed E-state index contributed by atoms with van der Waals surface area (Å²) in [5, 5.41) is 27.5. The van der Waals surface area contributed by atoms with E-state index < -0.39 is 36.0 Å². The first-order chi connectivity index (χ1) is 17.6. The standard InChI is InChI=1S/C27H35N3O7/c1-17(2)15-22(25(32)30-23(27(35)36)16-18-9-11-20(37-3)12-10-18)29-21(26(33)34)13-14-28-24(31)19-7-5-4-6-8-19/h4-12,17,21-23,29H,13-16H2,1-3H3,(H,28,31)(H,30,32)(H,33,34)(H,35,36)/t21-,22+,23+/m1/s1. The van der Waals surface area contributed by atoms with E-state index in [2.05, 4.69) is 16.0 Å². The summed E-state index contributed by atoms with van der Waals surface area (Å²) < 4.78 is 5.11. The highest BCUT2D eigenvalue weighted by molar-refractivity contribution is 5.94. The van der Waals surface area contributed by atoms with Crippen molar-refractivity contribution in [1.29, 1.82) is 0 Å². The highest BCUT2D eigenvalue weighted by Gasteiger charge is 2.30. The van der Waals surface area contributed by atoms with Gasteiger partial charge in [0.15, 0.2) is 0 Å². The molecule has 0 aliphatic heterocycles. The van der Waals surface area contributed by atoms with Crippen LogP contribution in [0.2, 0.25) is 0 Å². The summed E-state index contributed by atoms with van der Waals surface area (Å²) in [7, 11) is 1.53. The Bertz CT molecular complexity index is 1040. The van der Waals surface area contributed by atoms with E-state index in [-0.39, 0.29) is 31.2 Å². The van der Waals surface area contributed by atoms with E-state index in [0.717, 1.165) is 0 Å². The van der Waals surface area contributed by atoms with Crippen LogP contribution in [0, 0.1) is 5.92 Å². The number of carboxylic acid groups (broad SMARTS) is 2. The zero-order valence-corrected chi connectivity index (χ0v) is 21.3. The number of carbonyl (C=O) groups excluding carboxylic acids is 2. The van der Waals surface area contributed by atoms with Crippen LogP contribution in [-0.4, -0.2) is 65.7 Å². The van der Waals surface area contributed by atoms with Crippen molar-refractivity contribution in [3.05, 3.63) is 65.7 Å². The molecule has 0 bridgehead atoms. The second kappa shape index (κ2) is 14.6. The van der Waals surface area contributed by atoms with Crippen LogP contribution in [0.5, 0.6) is 5.75 Å². The molecule has 3 atom stereocenters. The number of amides is 2. The molecule has 2 aromatic carbocycles. The van der Waals surface area contributed by atoms with Crippen LogP contribution in [0.25, 0.3) is 0 Å². The number of rotatable bonds is 15. The lowest BCUT2D eigenvalue weighted by Crippen LogP contribution is -2.55. The van der Waals surface area contributed by atoms with Crippen molar-refractivity contribution in [1.82, 2.24) is 16.0 Å². The summed E-state index contributed by atoms with van der Waals surface area (Å²) in [6, 6.07) is 12.1. The molecule has 2 aromatic rings. The number of carboxylic acids is 2. The molecule has 37 heavy (non-hydrogen) atoms. The van der Waals surface area contributed by atoms with Crippen molar-refractivity contribution in [3.63, 3.8) is 0 Å². The summed E-state index contributed by atoms with van der Waals surface area (Å²) >= 11 is 0. The van der Waals surface area contributed by atoms with Gasteiger partial charge in [-0.1, -0.05) is 44.2 Å². The molecule has 0 spiro atoms. The Morgan fingerprint density at radius 1 is 0.865 bits per heavy atom. The lowest BCUT2D eigenvalue weighted by atomic mass is 10.00. The van der Waals surface area contributed by atoms with Crippen LogP contribution in [0.1, 0.15) is 42.6 Å². The van der Waals surface area contributed by atoms with Gasteiger partial charge in [0.1, 0.15) is 17.8 Å². The van der Waals surface area contributed by atoms with Crippen molar-refractivity contribution in [2.45, 2.75) is 51.2 Å². The fraction of sp³-hybridized carbons (Fsp3) is 0.407. The zero-order valence-electron chi connectivity index (χ0n) is 21.3. The van der Waals surface area contributed by atoms with Gasteiger partial charge in [-0.05, 0) is 48.6 Å². The average molecular weight is 514 g/mol. The van der Waals surface area contributed by atoms with Crippen LogP contribution >= 0.6 is 0 Å². The molecule has 2 rings (SSSR count). The number of hydrogen-bond acceptors (Lipinski definition) is 6. The van der Waals surface area contributed by atoms with E-state index >= 15 is 0 Å². The highest BCUT2D eigenvalue weighted by Crippen LogP contribution is 2.14. The van der Waals surface area contributed by atoms with Crippen LogP contribution in [0.3, 0.4) is 0 Å². The third-order valence-electron chi connectivity index (χ3n) is 5.69. The highest BCUT2D eigenvalue weighted by atomic mass is 16.5.